The van der Waals surface area contributed by atoms with E-state index in [0.717, 1.165) is 30.6 Å². The molecule has 2 bridgehead atoms. The van der Waals surface area contributed by atoms with E-state index in [0.29, 0.717) is 6.04 Å². The molecule has 0 radical (unpaired) electrons. The highest BCUT2D eigenvalue weighted by molar-refractivity contribution is 5.75. The van der Waals surface area contributed by atoms with Gasteiger partial charge in [0.05, 0.1) is 17.4 Å². The Bertz CT molecular complexity index is 771. The number of carbonyl (C=O) groups is 1. The summed E-state index contributed by atoms with van der Waals surface area (Å²) >= 11 is 0. The van der Waals surface area contributed by atoms with Gasteiger partial charge in [-0.05, 0) is 12.8 Å². The lowest BCUT2D eigenvalue weighted by Gasteiger charge is -2.35. The maximum atomic E-state index is 12.0. The maximum absolute atomic E-state index is 12.0. The summed E-state index contributed by atoms with van der Waals surface area (Å²) in [6, 6.07) is 2.59. The number of amides is 1. The fraction of sp³-hybridized carbons (Fsp3) is 0.588. The van der Waals surface area contributed by atoms with E-state index in [-0.39, 0.29) is 17.4 Å². The first kappa shape index (κ1) is 13.7. The molecule has 4 heterocycles. The van der Waals surface area contributed by atoms with Gasteiger partial charge < -0.3 is 4.90 Å². The molecule has 1 fully saturated rings. The van der Waals surface area contributed by atoms with Crippen molar-refractivity contribution in [1.82, 2.24) is 19.5 Å². The van der Waals surface area contributed by atoms with Gasteiger partial charge in [0.15, 0.2) is 5.65 Å². The molecule has 5 nitrogen and oxygen atoms in total. The lowest BCUT2D eigenvalue weighted by Crippen LogP contribution is -2.41. The van der Waals surface area contributed by atoms with Gasteiger partial charge in [-0.1, -0.05) is 20.8 Å². The van der Waals surface area contributed by atoms with Crippen molar-refractivity contribution in [3.8, 4) is 0 Å². The first-order valence-corrected chi connectivity index (χ1v) is 8.03. The molecule has 2 aliphatic heterocycles. The zero-order valence-electron chi connectivity index (χ0n) is 13.6. The average Bonchev–Trinajstić information content (AvgIpc) is 2.99. The third-order valence-electron chi connectivity index (χ3n) is 5.04. The fourth-order valence-corrected chi connectivity index (χ4v) is 3.93. The zero-order valence-corrected chi connectivity index (χ0v) is 13.6. The molecule has 22 heavy (non-hydrogen) atoms. The van der Waals surface area contributed by atoms with Gasteiger partial charge in [-0.25, -0.2) is 9.50 Å². The first-order chi connectivity index (χ1) is 10.4. The first-order valence-electron chi connectivity index (χ1n) is 8.03. The Morgan fingerprint density at radius 2 is 2.09 bits per heavy atom. The molecule has 0 N–H and O–H groups in total. The van der Waals surface area contributed by atoms with E-state index in [1.807, 2.05) is 15.6 Å². The predicted octanol–water partition coefficient (Wildman–Crippen LogP) is 2.63. The molecule has 5 heteroatoms. The molecule has 2 aromatic rings. The maximum Gasteiger partial charge on any atom is 0.220 e. The number of fused-ring (bicyclic) bond motifs is 6. The summed E-state index contributed by atoms with van der Waals surface area (Å²) in [5.74, 6) is 0.175. The van der Waals surface area contributed by atoms with Gasteiger partial charge in [0.2, 0.25) is 5.91 Å². The smallest absolute Gasteiger partial charge is 0.220 e. The quantitative estimate of drug-likeness (QED) is 0.751. The van der Waals surface area contributed by atoms with E-state index in [4.69, 9.17) is 5.10 Å². The van der Waals surface area contributed by atoms with E-state index >= 15 is 0 Å². The van der Waals surface area contributed by atoms with Crippen LogP contribution in [0.15, 0.2) is 12.3 Å². The second kappa shape index (κ2) is 4.31. The Morgan fingerprint density at radius 1 is 1.32 bits per heavy atom. The highest BCUT2D eigenvalue weighted by Gasteiger charge is 2.42. The van der Waals surface area contributed by atoms with E-state index in [1.165, 1.54) is 11.3 Å². The van der Waals surface area contributed by atoms with Crippen molar-refractivity contribution in [3.05, 3.63) is 29.2 Å². The zero-order chi connectivity index (χ0) is 15.6. The summed E-state index contributed by atoms with van der Waals surface area (Å²) in [5, 5.41) is 4.81. The summed E-state index contributed by atoms with van der Waals surface area (Å²) in [6.07, 6.45) is 4.96. The van der Waals surface area contributed by atoms with Crippen LogP contribution in [0.3, 0.4) is 0 Å². The van der Waals surface area contributed by atoms with Gasteiger partial charge in [-0.3, -0.25) is 4.79 Å². The van der Waals surface area contributed by atoms with Gasteiger partial charge in [0.25, 0.3) is 0 Å². The molecule has 0 spiro atoms. The molecule has 2 atom stereocenters. The van der Waals surface area contributed by atoms with E-state index in [2.05, 4.69) is 31.8 Å². The van der Waals surface area contributed by atoms with E-state index < -0.39 is 0 Å². The highest BCUT2D eigenvalue weighted by atomic mass is 16.2. The van der Waals surface area contributed by atoms with E-state index in [9.17, 15) is 4.79 Å². The van der Waals surface area contributed by atoms with Crippen LogP contribution in [0.2, 0.25) is 0 Å². The number of hydrogen-bond acceptors (Lipinski definition) is 3. The van der Waals surface area contributed by atoms with E-state index in [1.54, 1.807) is 6.92 Å². The Morgan fingerprint density at radius 3 is 2.77 bits per heavy atom. The second-order valence-corrected chi connectivity index (χ2v) is 7.59. The molecule has 0 saturated carbocycles. The molecular formula is C17H22N4O. The third-order valence-corrected chi connectivity index (χ3v) is 5.04. The molecule has 0 aromatic carbocycles. The molecule has 0 aliphatic carbocycles. The van der Waals surface area contributed by atoms with Gasteiger partial charge in [-0.15, -0.1) is 0 Å². The van der Waals surface area contributed by atoms with Gasteiger partial charge in [0, 0.05) is 42.6 Å². The number of rotatable bonds is 0. The van der Waals surface area contributed by atoms with Crippen LogP contribution >= 0.6 is 0 Å². The van der Waals surface area contributed by atoms with Crippen molar-refractivity contribution in [3.63, 3.8) is 0 Å². The van der Waals surface area contributed by atoms with Crippen molar-refractivity contribution >= 4 is 11.6 Å². The molecule has 0 unspecified atom stereocenters. The molecule has 116 valence electrons. The second-order valence-electron chi connectivity index (χ2n) is 7.59. The molecule has 2 aliphatic rings. The topological polar surface area (TPSA) is 50.5 Å². The minimum absolute atomic E-state index is 0.0135. The average molecular weight is 298 g/mol. The summed E-state index contributed by atoms with van der Waals surface area (Å²) in [4.78, 5) is 18.6. The van der Waals surface area contributed by atoms with Crippen LogP contribution in [0.25, 0.3) is 5.65 Å². The monoisotopic (exact) mass is 298 g/mol. The lowest BCUT2D eigenvalue weighted by atomic mass is 9.93. The molecule has 1 saturated heterocycles. The van der Waals surface area contributed by atoms with Gasteiger partial charge in [-0.2, -0.15) is 5.10 Å². The molecule has 1 amide bonds. The number of carbonyl (C=O) groups excluding carboxylic acids is 1. The predicted molar refractivity (Wildman–Crippen MR) is 83.7 cm³/mol. The number of hydrogen-bond donors (Lipinski definition) is 0. The van der Waals surface area contributed by atoms with Crippen LogP contribution in [0.1, 0.15) is 63.5 Å². The number of nitrogens with zero attached hydrogens (tertiary/aromatic N) is 4. The minimum Gasteiger partial charge on any atom is -0.332 e. The largest absolute Gasteiger partial charge is 0.332 e. The van der Waals surface area contributed by atoms with Crippen LogP contribution < -0.4 is 0 Å². The summed E-state index contributed by atoms with van der Waals surface area (Å²) < 4.78 is 2.01. The Hall–Kier alpha value is -1.91. The Balaban J connectivity index is 1.89. The van der Waals surface area contributed by atoms with Crippen LogP contribution in [-0.2, 0) is 16.6 Å². The number of aromatic nitrogens is 3. The van der Waals surface area contributed by atoms with Crippen molar-refractivity contribution < 1.29 is 4.79 Å². The molecular weight excluding hydrogens is 276 g/mol. The normalized spacial score (nSPS) is 23.9. The van der Waals surface area contributed by atoms with Crippen LogP contribution in [-0.4, -0.2) is 31.4 Å². The van der Waals surface area contributed by atoms with Crippen LogP contribution in [0, 0.1) is 0 Å². The van der Waals surface area contributed by atoms with Crippen molar-refractivity contribution in [2.45, 2.75) is 64.5 Å². The standard InChI is InChI=1S/C17H22N4O/c1-10(22)20-11-5-6-13(20)12-9-18-16-8-15(17(2,3)4)19-21(16)14(12)7-11/h8-9,11,13H,5-7H2,1-4H3/t11-,13+/m1/s1. The summed E-state index contributed by atoms with van der Waals surface area (Å²) in [6.45, 7) is 8.18. The van der Waals surface area contributed by atoms with Crippen molar-refractivity contribution in [2.24, 2.45) is 0 Å². The highest BCUT2D eigenvalue weighted by Crippen LogP contribution is 2.43. The summed E-state index contributed by atoms with van der Waals surface area (Å²) in [5.41, 5.74) is 4.42. The third kappa shape index (κ3) is 1.81. The van der Waals surface area contributed by atoms with Gasteiger partial charge >= 0.3 is 0 Å². The van der Waals surface area contributed by atoms with Crippen molar-refractivity contribution in [1.29, 1.82) is 0 Å². The lowest BCUT2D eigenvalue weighted by molar-refractivity contribution is -0.132. The minimum atomic E-state index is 0.0135. The Labute approximate surface area is 130 Å². The van der Waals surface area contributed by atoms with Crippen LogP contribution in [0.4, 0.5) is 0 Å². The SMILES string of the molecule is CC(=O)N1[C@@H]2CC[C@H]1c1cnc3cc(C(C)(C)C)nn3c1C2. The van der Waals surface area contributed by atoms with Gasteiger partial charge in [0.1, 0.15) is 0 Å². The fourth-order valence-electron chi connectivity index (χ4n) is 3.93. The summed E-state index contributed by atoms with van der Waals surface area (Å²) in [7, 11) is 0. The molecule has 2 aromatic heterocycles. The molecule has 4 rings (SSSR count). The Kier molecular flexibility index (Phi) is 2.69. The van der Waals surface area contributed by atoms with Crippen molar-refractivity contribution in [2.75, 3.05) is 0 Å². The van der Waals surface area contributed by atoms with Crippen LogP contribution in [0.5, 0.6) is 0 Å².